The minimum Gasteiger partial charge on any atom is -0.395 e. The van der Waals surface area contributed by atoms with Crippen molar-refractivity contribution in [3.8, 4) is 0 Å². The molecular weight excluding hydrogens is 266 g/mol. The van der Waals surface area contributed by atoms with E-state index >= 15 is 0 Å². The van der Waals surface area contributed by atoms with Crippen LogP contribution in [0, 0.1) is 0 Å². The second-order valence-corrected chi connectivity index (χ2v) is 6.56. The van der Waals surface area contributed by atoms with Gasteiger partial charge in [0.05, 0.1) is 6.61 Å². The van der Waals surface area contributed by atoms with Gasteiger partial charge in [0, 0.05) is 17.3 Å². The van der Waals surface area contributed by atoms with Crippen LogP contribution < -0.4 is 5.32 Å². The highest BCUT2D eigenvalue weighted by Crippen LogP contribution is 2.18. The molecule has 2 nitrogen and oxygen atoms in total. The van der Waals surface area contributed by atoms with E-state index in [-0.39, 0.29) is 11.9 Å². The largest absolute Gasteiger partial charge is 0.395 e. The van der Waals surface area contributed by atoms with Crippen molar-refractivity contribution in [2.45, 2.75) is 57.4 Å². The van der Waals surface area contributed by atoms with E-state index in [0.717, 1.165) is 0 Å². The van der Waals surface area contributed by atoms with E-state index < -0.39 is 0 Å². The Kier molecular flexibility index (Phi) is 8.27. The maximum Gasteiger partial charge on any atom is 0.0564 e. The number of rotatable bonds is 9. The molecule has 0 bridgehead atoms. The van der Waals surface area contributed by atoms with Gasteiger partial charge in [0.25, 0.3) is 0 Å². The summed E-state index contributed by atoms with van der Waals surface area (Å²) in [5.74, 6) is 0. The Morgan fingerprint density at radius 2 is 1.85 bits per heavy atom. The first-order valence-electron chi connectivity index (χ1n) is 7.60. The summed E-state index contributed by atoms with van der Waals surface area (Å²) in [5.41, 5.74) is 2.74. The van der Waals surface area contributed by atoms with Gasteiger partial charge in [0.2, 0.25) is 0 Å². The molecule has 20 heavy (non-hydrogen) atoms. The minimum atomic E-state index is 0.220. The van der Waals surface area contributed by atoms with Gasteiger partial charge in [-0.2, -0.15) is 11.8 Å². The summed E-state index contributed by atoms with van der Waals surface area (Å²) in [7, 11) is 0. The first-order chi connectivity index (χ1) is 9.62. The van der Waals surface area contributed by atoms with Crippen LogP contribution in [0.1, 0.15) is 50.8 Å². The van der Waals surface area contributed by atoms with Gasteiger partial charge in [0.1, 0.15) is 0 Å². The molecule has 0 heterocycles. The zero-order chi connectivity index (χ0) is 15.0. The second-order valence-electron chi connectivity index (χ2n) is 5.48. The van der Waals surface area contributed by atoms with Crippen LogP contribution in [0.15, 0.2) is 24.3 Å². The number of nitrogens with one attached hydrogen (secondary N) is 1. The van der Waals surface area contributed by atoms with Crippen LogP contribution in [0.4, 0.5) is 0 Å². The molecule has 0 radical (unpaired) electrons. The second kappa shape index (κ2) is 9.43. The number of hydrogen-bond acceptors (Lipinski definition) is 3. The van der Waals surface area contributed by atoms with Crippen molar-refractivity contribution in [2.24, 2.45) is 0 Å². The fourth-order valence-corrected chi connectivity index (χ4v) is 3.02. The molecule has 1 aromatic carbocycles. The van der Waals surface area contributed by atoms with Crippen LogP contribution >= 0.6 is 11.8 Å². The topological polar surface area (TPSA) is 32.3 Å². The van der Waals surface area contributed by atoms with Crippen molar-refractivity contribution in [3.63, 3.8) is 0 Å². The number of aliphatic hydroxyl groups is 1. The van der Waals surface area contributed by atoms with E-state index in [2.05, 4.69) is 50.4 Å². The van der Waals surface area contributed by atoms with Gasteiger partial charge < -0.3 is 10.4 Å². The Bertz CT molecular complexity index is 362. The first kappa shape index (κ1) is 17.5. The molecule has 1 rings (SSSR count). The third-order valence-electron chi connectivity index (χ3n) is 3.85. The standard InChI is InChI=1S/C17H29NOS/c1-5-6-7-15-8-10-16(11-9-15)13(2)18-14(3)17(12-19)20-4/h8-11,13-14,17-19H,5-7,12H2,1-4H3. The molecule has 2 N–H and O–H groups in total. The van der Waals surface area contributed by atoms with Gasteiger partial charge in [-0.25, -0.2) is 0 Å². The van der Waals surface area contributed by atoms with Crippen molar-refractivity contribution in [2.75, 3.05) is 12.9 Å². The highest BCUT2D eigenvalue weighted by atomic mass is 32.2. The number of aliphatic hydroxyl groups excluding tert-OH is 1. The molecule has 0 aliphatic rings. The third-order valence-corrected chi connectivity index (χ3v) is 5.01. The Morgan fingerprint density at radius 1 is 1.20 bits per heavy atom. The molecule has 0 aromatic heterocycles. The number of thioether (sulfide) groups is 1. The van der Waals surface area contributed by atoms with Gasteiger partial charge in [-0.15, -0.1) is 0 Å². The number of hydrogen-bond donors (Lipinski definition) is 2. The van der Waals surface area contributed by atoms with Crippen LogP contribution in [0.2, 0.25) is 0 Å². The first-order valence-corrected chi connectivity index (χ1v) is 8.89. The smallest absolute Gasteiger partial charge is 0.0564 e. The molecule has 0 fully saturated rings. The van der Waals surface area contributed by atoms with E-state index in [9.17, 15) is 5.11 Å². The summed E-state index contributed by atoms with van der Waals surface area (Å²) < 4.78 is 0. The van der Waals surface area contributed by atoms with Gasteiger partial charge in [-0.05, 0) is 44.1 Å². The predicted octanol–water partition coefficient (Wildman–Crippen LogP) is 3.79. The average molecular weight is 295 g/mol. The summed E-state index contributed by atoms with van der Waals surface area (Å²) in [6.45, 7) is 6.78. The zero-order valence-corrected chi connectivity index (χ0v) is 14.0. The maximum atomic E-state index is 9.34. The fourth-order valence-electron chi connectivity index (χ4n) is 2.39. The average Bonchev–Trinajstić information content (AvgIpc) is 2.46. The molecule has 3 heteroatoms. The minimum absolute atomic E-state index is 0.220. The van der Waals surface area contributed by atoms with Gasteiger partial charge in [-0.1, -0.05) is 37.6 Å². The SMILES string of the molecule is CCCCc1ccc(C(C)NC(C)C(CO)SC)cc1. The molecule has 114 valence electrons. The Balaban J connectivity index is 2.56. The third kappa shape index (κ3) is 5.47. The van der Waals surface area contributed by atoms with Gasteiger partial charge in [-0.3, -0.25) is 0 Å². The summed E-state index contributed by atoms with van der Waals surface area (Å²) in [6.07, 6.45) is 5.73. The van der Waals surface area contributed by atoms with E-state index in [0.29, 0.717) is 12.1 Å². The summed E-state index contributed by atoms with van der Waals surface area (Å²) in [6, 6.07) is 9.54. The Morgan fingerprint density at radius 3 is 2.35 bits per heavy atom. The lowest BCUT2D eigenvalue weighted by molar-refractivity contribution is 0.272. The Hall–Kier alpha value is -0.510. The van der Waals surface area contributed by atoms with Crippen LogP contribution in [-0.2, 0) is 6.42 Å². The lowest BCUT2D eigenvalue weighted by atomic mass is 10.0. The molecule has 3 unspecified atom stereocenters. The lowest BCUT2D eigenvalue weighted by Crippen LogP contribution is -2.38. The highest BCUT2D eigenvalue weighted by Gasteiger charge is 2.17. The van der Waals surface area contributed by atoms with E-state index in [1.807, 2.05) is 6.26 Å². The normalized spacial score (nSPS) is 15.8. The van der Waals surface area contributed by atoms with Crippen molar-refractivity contribution in [1.29, 1.82) is 0 Å². The van der Waals surface area contributed by atoms with Crippen molar-refractivity contribution >= 4 is 11.8 Å². The summed E-state index contributed by atoms with van der Waals surface area (Å²) in [5, 5.41) is 13.2. The Labute approximate surface area is 128 Å². The van der Waals surface area contributed by atoms with E-state index in [1.54, 1.807) is 11.8 Å². The van der Waals surface area contributed by atoms with Crippen molar-refractivity contribution in [3.05, 3.63) is 35.4 Å². The van der Waals surface area contributed by atoms with Crippen LogP contribution in [-0.4, -0.2) is 29.3 Å². The summed E-state index contributed by atoms with van der Waals surface area (Å²) >= 11 is 1.71. The number of benzene rings is 1. The molecule has 1 aromatic rings. The highest BCUT2D eigenvalue weighted by molar-refractivity contribution is 7.99. The van der Waals surface area contributed by atoms with Gasteiger partial charge in [0.15, 0.2) is 0 Å². The lowest BCUT2D eigenvalue weighted by Gasteiger charge is -2.25. The van der Waals surface area contributed by atoms with Crippen LogP contribution in [0.3, 0.4) is 0 Å². The molecule has 0 aliphatic heterocycles. The molecule has 0 aliphatic carbocycles. The van der Waals surface area contributed by atoms with Gasteiger partial charge >= 0.3 is 0 Å². The molecule has 3 atom stereocenters. The monoisotopic (exact) mass is 295 g/mol. The zero-order valence-electron chi connectivity index (χ0n) is 13.2. The molecule has 0 saturated carbocycles. The van der Waals surface area contributed by atoms with Crippen molar-refractivity contribution in [1.82, 2.24) is 5.32 Å². The number of aryl methyl sites for hydroxylation is 1. The van der Waals surface area contributed by atoms with E-state index in [1.165, 1.54) is 30.4 Å². The molecular formula is C17H29NOS. The summed E-state index contributed by atoms with van der Waals surface area (Å²) in [4.78, 5) is 0. The predicted molar refractivity (Wildman–Crippen MR) is 90.5 cm³/mol. The quantitative estimate of drug-likeness (QED) is 0.727. The van der Waals surface area contributed by atoms with Crippen molar-refractivity contribution < 1.29 is 5.11 Å². The molecule has 0 amide bonds. The maximum absolute atomic E-state index is 9.34. The molecule has 0 saturated heterocycles. The number of unbranched alkanes of at least 4 members (excludes halogenated alkanes) is 1. The van der Waals surface area contributed by atoms with Crippen LogP contribution in [0.25, 0.3) is 0 Å². The fraction of sp³-hybridized carbons (Fsp3) is 0.647. The van der Waals surface area contributed by atoms with E-state index in [4.69, 9.17) is 0 Å². The molecule has 0 spiro atoms. The van der Waals surface area contributed by atoms with Crippen LogP contribution in [0.5, 0.6) is 0 Å².